The monoisotopic (exact) mass is 170 g/mol. The van der Waals surface area contributed by atoms with E-state index < -0.39 is 0 Å². The SMILES string of the molecule is C#C[C@H]1C[C@@H]2C[C@H]1[C@H](Cl)[C@H]2O. The molecule has 1 N–H and O–H groups in total. The summed E-state index contributed by atoms with van der Waals surface area (Å²) in [6.07, 6.45) is 7.05. The first-order valence-corrected chi connectivity index (χ1v) is 4.46. The Hall–Kier alpha value is -0.190. The van der Waals surface area contributed by atoms with Gasteiger partial charge in [0, 0.05) is 5.92 Å². The molecule has 5 atom stereocenters. The van der Waals surface area contributed by atoms with E-state index in [-0.39, 0.29) is 11.5 Å². The topological polar surface area (TPSA) is 20.2 Å². The first kappa shape index (κ1) is 7.46. The van der Waals surface area contributed by atoms with Gasteiger partial charge < -0.3 is 5.11 Å². The number of rotatable bonds is 0. The van der Waals surface area contributed by atoms with Crippen LogP contribution in [0.3, 0.4) is 0 Å². The molecule has 0 amide bonds. The predicted molar refractivity (Wildman–Crippen MR) is 44.2 cm³/mol. The summed E-state index contributed by atoms with van der Waals surface area (Å²) in [5.74, 6) is 3.83. The lowest BCUT2D eigenvalue weighted by atomic mass is 9.87. The quantitative estimate of drug-likeness (QED) is 0.429. The lowest BCUT2D eigenvalue weighted by Gasteiger charge is -2.25. The van der Waals surface area contributed by atoms with E-state index in [4.69, 9.17) is 18.0 Å². The smallest absolute Gasteiger partial charge is 0.0735 e. The van der Waals surface area contributed by atoms with Crippen LogP contribution in [-0.2, 0) is 0 Å². The maximum atomic E-state index is 9.50. The first-order chi connectivity index (χ1) is 5.24. The fourth-order valence-electron chi connectivity index (χ4n) is 2.45. The zero-order chi connectivity index (χ0) is 8.01. The molecule has 0 aromatic heterocycles. The minimum absolute atomic E-state index is 0.0881. The van der Waals surface area contributed by atoms with Gasteiger partial charge in [0.2, 0.25) is 0 Å². The van der Waals surface area contributed by atoms with E-state index in [1.807, 2.05) is 0 Å². The molecule has 2 aliphatic carbocycles. The zero-order valence-electron chi connectivity index (χ0n) is 6.20. The van der Waals surface area contributed by atoms with Crippen LogP contribution >= 0.6 is 11.6 Å². The van der Waals surface area contributed by atoms with Crippen LogP contribution in [0.25, 0.3) is 0 Å². The van der Waals surface area contributed by atoms with Crippen LogP contribution in [0, 0.1) is 30.1 Å². The minimum atomic E-state index is -0.300. The van der Waals surface area contributed by atoms with Gasteiger partial charge in [-0.2, -0.15) is 0 Å². The second-order valence-corrected chi connectivity index (χ2v) is 4.11. The maximum Gasteiger partial charge on any atom is 0.0735 e. The van der Waals surface area contributed by atoms with Crippen molar-refractivity contribution in [2.75, 3.05) is 0 Å². The fraction of sp³-hybridized carbons (Fsp3) is 0.778. The number of terminal acetylenes is 1. The second kappa shape index (κ2) is 2.40. The van der Waals surface area contributed by atoms with Crippen LogP contribution < -0.4 is 0 Å². The third kappa shape index (κ3) is 0.898. The minimum Gasteiger partial charge on any atom is -0.391 e. The molecule has 0 heterocycles. The highest BCUT2D eigenvalue weighted by molar-refractivity contribution is 6.21. The number of hydrogen-bond acceptors (Lipinski definition) is 1. The Labute approximate surface area is 71.7 Å². The lowest BCUT2D eigenvalue weighted by molar-refractivity contribution is 0.108. The van der Waals surface area contributed by atoms with Gasteiger partial charge in [0.15, 0.2) is 0 Å². The number of fused-ring (bicyclic) bond motifs is 2. The van der Waals surface area contributed by atoms with Gasteiger partial charge in [-0.25, -0.2) is 0 Å². The van der Waals surface area contributed by atoms with Crippen molar-refractivity contribution in [1.29, 1.82) is 0 Å². The maximum absolute atomic E-state index is 9.50. The van der Waals surface area contributed by atoms with E-state index in [2.05, 4.69) is 5.92 Å². The Balaban J connectivity index is 2.17. The van der Waals surface area contributed by atoms with E-state index in [1.165, 1.54) is 0 Å². The van der Waals surface area contributed by atoms with Crippen molar-refractivity contribution >= 4 is 11.6 Å². The summed E-state index contributed by atoms with van der Waals surface area (Å²) in [5, 5.41) is 9.41. The highest BCUT2D eigenvalue weighted by Gasteiger charge is 2.50. The van der Waals surface area contributed by atoms with Crippen molar-refractivity contribution in [1.82, 2.24) is 0 Å². The highest BCUT2D eigenvalue weighted by Crippen LogP contribution is 2.50. The Morgan fingerprint density at radius 3 is 2.64 bits per heavy atom. The number of alkyl halides is 1. The summed E-state index contributed by atoms with van der Waals surface area (Å²) in [6.45, 7) is 0. The van der Waals surface area contributed by atoms with Gasteiger partial charge in [0.1, 0.15) is 0 Å². The molecule has 0 spiro atoms. The van der Waals surface area contributed by atoms with Crippen LogP contribution in [0.4, 0.5) is 0 Å². The van der Waals surface area contributed by atoms with Crippen molar-refractivity contribution < 1.29 is 5.11 Å². The molecule has 2 rings (SSSR count). The molecule has 2 heteroatoms. The Kier molecular flexibility index (Phi) is 1.63. The van der Waals surface area contributed by atoms with E-state index in [9.17, 15) is 5.11 Å². The first-order valence-electron chi connectivity index (χ1n) is 4.02. The van der Waals surface area contributed by atoms with Gasteiger partial charge in [-0.15, -0.1) is 23.9 Å². The van der Waals surface area contributed by atoms with Gasteiger partial charge in [0.25, 0.3) is 0 Å². The summed E-state index contributed by atoms with van der Waals surface area (Å²) in [6, 6.07) is 0. The molecular weight excluding hydrogens is 160 g/mol. The summed E-state index contributed by atoms with van der Waals surface area (Å²) in [5.41, 5.74) is 0. The molecule has 2 saturated carbocycles. The lowest BCUT2D eigenvalue weighted by Crippen LogP contribution is -2.32. The van der Waals surface area contributed by atoms with Gasteiger partial charge in [-0.1, -0.05) is 0 Å². The standard InChI is InChI=1S/C9H11ClO/c1-2-5-3-6-4-7(5)8(10)9(6)11/h1,5-9,11H,3-4H2/t5-,6+,7+,8-,9-/m0/s1. The third-order valence-corrected chi connectivity index (χ3v) is 3.66. The highest BCUT2D eigenvalue weighted by atomic mass is 35.5. The molecule has 0 aromatic rings. The van der Waals surface area contributed by atoms with Gasteiger partial charge in [-0.05, 0) is 24.7 Å². The molecule has 0 radical (unpaired) electrons. The molecule has 2 fully saturated rings. The largest absolute Gasteiger partial charge is 0.391 e. The molecule has 11 heavy (non-hydrogen) atoms. The van der Waals surface area contributed by atoms with Crippen molar-refractivity contribution in [3.63, 3.8) is 0 Å². The average Bonchev–Trinajstić information content (AvgIpc) is 2.53. The summed E-state index contributed by atoms with van der Waals surface area (Å²) < 4.78 is 0. The predicted octanol–water partition coefficient (Wildman–Crippen LogP) is 1.24. The van der Waals surface area contributed by atoms with Crippen molar-refractivity contribution in [2.45, 2.75) is 24.3 Å². The fourth-order valence-corrected chi connectivity index (χ4v) is 2.93. The normalized spacial score (nSPS) is 54.5. The van der Waals surface area contributed by atoms with Gasteiger partial charge >= 0.3 is 0 Å². The Morgan fingerprint density at radius 1 is 1.45 bits per heavy atom. The van der Waals surface area contributed by atoms with Crippen LogP contribution in [0.1, 0.15) is 12.8 Å². The van der Waals surface area contributed by atoms with E-state index in [0.29, 0.717) is 17.8 Å². The summed E-state index contributed by atoms with van der Waals surface area (Å²) >= 11 is 5.99. The molecule has 0 saturated heterocycles. The molecule has 60 valence electrons. The van der Waals surface area contributed by atoms with Gasteiger partial charge in [0.05, 0.1) is 11.5 Å². The third-order valence-electron chi connectivity index (χ3n) is 3.08. The van der Waals surface area contributed by atoms with Crippen molar-refractivity contribution in [3.8, 4) is 12.3 Å². The molecule has 2 bridgehead atoms. The molecule has 0 aromatic carbocycles. The van der Waals surface area contributed by atoms with Gasteiger partial charge in [-0.3, -0.25) is 0 Å². The number of hydrogen-bond donors (Lipinski definition) is 1. The molecular formula is C9H11ClO. The summed E-state index contributed by atoms with van der Waals surface area (Å²) in [7, 11) is 0. The Morgan fingerprint density at radius 2 is 2.18 bits per heavy atom. The number of aliphatic hydroxyl groups is 1. The van der Waals surface area contributed by atoms with Crippen LogP contribution in [-0.4, -0.2) is 16.6 Å². The van der Waals surface area contributed by atoms with Crippen LogP contribution in [0.2, 0.25) is 0 Å². The number of aliphatic hydroxyl groups excluding tert-OH is 1. The van der Waals surface area contributed by atoms with Crippen molar-refractivity contribution in [3.05, 3.63) is 0 Å². The van der Waals surface area contributed by atoms with E-state index >= 15 is 0 Å². The molecule has 1 nitrogen and oxygen atoms in total. The Bertz CT molecular complexity index is 206. The second-order valence-electron chi connectivity index (χ2n) is 3.60. The summed E-state index contributed by atoms with van der Waals surface area (Å²) in [4.78, 5) is 0. The molecule has 2 aliphatic rings. The molecule has 0 unspecified atom stereocenters. The van der Waals surface area contributed by atoms with Crippen molar-refractivity contribution in [2.24, 2.45) is 17.8 Å². The van der Waals surface area contributed by atoms with E-state index in [0.717, 1.165) is 12.8 Å². The number of halogens is 1. The van der Waals surface area contributed by atoms with Crippen LogP contribution in [0.15, 0.2) is 0 Å². The van der Waals surface area contributed by atoms with Crippen LogP contribution in [0.5, 0.6) is 0 Å². The average molecular weight is 171 g/mol. The zero-order valence-corrected chi connectivity index (χ0v) is 6.96. The van der Waals surface area contributed by atoms with E-state index in [1.54, 1.807) is 0 Å². The molecule has 0 aliphatic heterocycles.